The lowest BCUT2D eigenvalue weighted by molar-refractivity contribution is -0.120. The Balaban J connectivity index is 1.96. The van der Waals surface area contributed by atoms with Gasteiger partial charge in [-0.05, 0) is 49.1 Å². The topological polar surface area (TPSA) is 127 Å². The Hall–Kier alpha value is -1.92. The van der Waals surface area contributed by atoms with Gasteiger partial charge in [-0.2, -0.15) is 0 Å². The van der Waals surface area contributed by atoms with Crippen LogP contribution in [0.3, 0.4) is 0 Å². The molecule has 5 N–H and O–H groups in total. The van der Waals surface area contributed by atoms with Crippen LogP contribution in [0.25, 0.3) is 0 Å². The minimum absolute atomic E-state index is 0.0213. The van der Waals surface area contributed by atoms with Gasteiger partial charge < -0.3 is 20.0 Å². The summed E-state index contributed by atoms with van der Waals surface area (Å²) in [5.41, 5.74) is 1.01. The summed E-state index contributed by atoms with van der Waals surface area (Å²) in [6.45, 7) is 0. The van der Waals surface area contributed by atoms with E-state index >= 15 is 0 Å². The molecule has 24 heavy (non-hydrogen) atoms. The molecule has 0 saturated carbocycles. The first kappa shape index (κ1) is 18.4. The lowest BCUT2D eigenvalue weighted by atomic mass is 9.87. The number of nitrogens with one attached hydrogen (secondary N) is 1. The Bertz CT molecular complexity index is 691. The molecule has 1 aromatic rings. The molecule has 7 nitrogen and oxygen atoms in total. The number of benzene rings is 1. The summed E-state index contributed by atoms with van der Waals surface area (Å²) in [6, 6.07) is 6.70. The van der Waals surface area contributed by atoms with Crippen LogP contribution in [0.5, 0.6) is 5.75 Å². The van der Waals surface area contributed by atoms with Crippen LogP contribution in [0.4, 0.5) is 0 Å². The van der Waals surface area contributed by atoms with Gasteiger partial charge in [0.1, 0.15) is 5.75 Å². The Morgan fingerprint density at radius 3 is 2.50 bits per heavy atom. The molecule has 2 rings (SSSR count). The first-order valence-corrected chi connectivity index (χ1v) is 9.09. The van der Waals surface area contributed by atoms with Crippen molar-refractivity contribution in [3.05, 3.63) is 53.8 Å². The summed E-state index contributed by atoms with van der Waals surface area (Å²) in [6.07, 6.45) is 4.53. The number of rotatable bonds is 7. The minimum Gasteiger partial charge on any atom is -0.508 e. The van der Waals surface area contributed by atoms with Crippen LogP contribution in [0, 0.1) is 5.92 Å². The lowest BCUT2D eigenvalue weighted by Gasteiger charge is -2.26. The zero-order valence-electron chi connectivity index (χ0n) is 12.9. The molecular weight excluding hydrogens is 333 g/mol. The van der Waals surface area contributed by atoms with E-state index in [0.717, 1.165) is 5.56 Å². The molecule has 0 aromatic heterocycles. The lowest BCUT2D eigenvalue weighted by Crippen LogP contribution is -2.35. The van der Waals surface area contributed by atoms with Crippen LogP contribution in [0.1, 0.15) is 18.4 Å². The maximum absolute atomic E-state index is 12.0. The fourth-order valence-electron chi connectivity index (χ4n) is 2.62. The molecule has 0 aliphatic heterocycles. The molecular formula is C16H20NO6P. The summed E-state index contributed by atoms with van der Waals surface area (Å²) in [4.78, 5) is 30.0. The van der Waals surface area contributed by atoms with Gasteiger partial charge in [-0.1, -0.05) is 18.2 Å². The monoisotopic (exact) mass is 353 g/mol. The highest BCUT2D eigenvalue weighted by Crippen LogP contribution is 2.34. The summed E-state index contributed by atoms with van der Waals surface area (Å²) < 4.78 is 11.1. The van der Waals surface area contributed by atoms with Crippen LogP contribution in [-0.4, -0.2) is 31.9 Å². The highest BCUT2D eigenvalue weighted by molar-refractivity contribution is 7.49. The van der Waals surface area contributed by atoms with Crippen molar-refractivity contribution in [3.63, 3.8) is 0 Å². The average molecular weight is 353 g/mol. The number of ketones is 1. The molecule has 0 bridgehead atoms. The molecule has 0 saturated heterocycles. The number of aromatic hydroxyl groups is 1. The second kappa shape index (κ2) is 7.77. The fraction of sp³-hybridized carbons (Fsp3) is 0.312. The molecule has 130 valence electrons. The second-order valence-corrected chi connectivity index (χ2v) is 6.95. The standard InChI is InChI=1S/C16H20NO6P/c18-12-9-7-11(8-10-12)3-1-5-14(19)16-13(17-24(21,22)23)4-2-6-15(16)20/h2,4,6-10,14,16,18-19H,1,3,5H2,(H3,17,21,22,23). The summed E-state index contributed by atoms with van der Waals surface area (Å²) in [5, 5.41) is 21.5. The van der Waals surface area contributed by atoms with Crippen molar-refractivity contribution in [2.75, 3.05) is 0 Å². The van der Waals surface area contributed by atoms with E-state index in [2.05, 4.69) is 0 Å². The van der Waals surface area contributed by atoms with Crippen LogP contribution >= 0.6 is 7.75 Å². The molecule has 2 atom stereocenters. The minimum atomic E-state index is -4.56. The second-order valence-electron chi connectivity index (χ2n) is 5.64. The molecule has 1 aliphatic carbocycles. The third kappa shape index (κ3) is 5.32. The van der Waals surface area contributed by atoms with Gasteiger partial charge in [0, 0.05) is 5.70 Å². The molecule has 1 aliphatic rings. The fourth-order valence-corrected chi connectivity index (χ4v) is 3.17. The van der Waals surface area contributed by atoms with E-state index in [9.17, 15) is 19.6 Å². The van der Waals surface area contributed by atoms with E-state index in [4.69, 9.17) is 9.79 Å². The molecule has 0 radical (unpaired) electrons. The third-order valence-corrected chi connectivity index (χ3v) is 4.29. The summed E-state index contributed by atoms with van der Waals surface area (Å²) >= 11 is 0. The van der Waals surface area contributed by atoms with Crippen molar-refractivity contribution < 1.29 is 29.4 Å². The van der Waals surface area contributed by atoms with Gasteiger partial charge in [0.2, 0.25) is 0 Å². The summed E-state index contributed by atoms with van der Waals surface area (Å²) in [7, 11) is -4.56. The van der Waals surface area contributed by atoms with Crippen molar-refractivity contribution in [1.82, 2.24) is 5.09 Å². The van der Waals surface area contributed by atoms with Crippen LogP contribution in [0.15, 0.2) is 48.2 Å². The van der Waals surface area contributed by atoms with E-state index in [1.807, 2.05) is 5.09 Å². The number of hydrogen-bond acceptors (Lipinski definition) is 4. The van der Waals surface area contributed by atoms with Gasteiger partial charge in [0.15, 0.2) is 5.78 Å². The van der Waals surface area contributed by atoms with Crippen molar-refractivity contribution in [3.8, 4) is 5.75 Å². The molecule has 2 unspecified atom stereocenters. The number of carbonyl (C=O) groups excluding carboxylic acids is 1. The normalized spacial score (nSPS) is 19.0. The molecule has 0 amide bonds. The first-order valence-electron chi connectivity index (χ1n) is 7.48. The average Bonchev–Trinajstić information content (AvgIpc) is 2.47. The molecule has 1 aromatic carbocycles. The number of aryl methyl sites for hydroxylation is 1. The molecule has 0 spiro atoms. The Morgan fingerprint density at radius 1 is 1.21 bits per heavy atom. The van der Waals surface area contributed by atoms with Crippen LogP contribution in [-0.2, 0) is 15.8 Å². The molecule has 8 heteroatoms. The van der Waals surface area contributed by atoms with Gasteiger partial charge in [0.25, 0.3) is 0 Å². The maximum atomic E-state index is 12.0. The zero-order valence-corrected chi connectivity index (χ0v) is 13.8. The molecule has 0 fully saturated rings. The number of allylic oxidation sites excluding steroid dienone is 3. The van der Waals surface area contributed by atoms with Crippen LogP contribution in [0.2, 0.25) is 0 Å². The van der Waals surface area contributed by atoms with Gasteiger partial charge in [-0.3, -0.25) is 9.88 Å². The van der Waals surface area contributed by atoms with Gasteiger partial charge in [-0.15, -0.1) is 0 Å². The van der Waals surface area contributed by atoms with Crippen molar-refractivity contribution >= 4 is 13.5 Å². The van der Waals surface area contributed by atoms with Crippen LogP contribution < -0.4 is 5.09 Å². The molecule has 0 heterocycles. The number of phenols is 1. The smallest absolute Gasteiger partial charge is 0.427 e. The SMILES string of the molecule is O=C1C=CC=C(NP(=O)(O)O)C1C(O)CCCc1ccc(O)cc1. The number of aliphatic hydroxyl groups is 1. The Morgan fingerprint density at radius 2 is 1.88 bits per heavy atom. The predicted molar refractivity (Wildman–Crippen MR) is 88.0 cm³/mol. The van der Waals surface area contributed by atoms with Crippen molar-refractivity contribution in [2.24, 2.45) is 5.92 Å². The van der Waals surface area contributed by atoms with E-state index in [1.165, 1.54) is 18.2 Å². The van der Waals surface area contributed by atoms with Gasteiger partial charge in [0.05, 0.1) is 12.0 Å². The summed E-state index contributed by atoms with van der Waals surface area (Å²) in [5.74, 6) is -1.23. The van der Waals surface area contributed by atoms with Gasteiger partial charge >= 0.3 is 7.75 Å². The Labute approximate surface area is 139 Å². The predicted octanol–water partition coefficient (Wildman–Crippen LogP) is 1.40. The largest absolute Gasteiger partial charge is 0.508 e. The van der Waals surface area contributed by atoms with Crippen molar-refractivity contribution in [1.29, 1.82) is 0 Å². The number of aliphatic hydroxyl groups excluding tert-OH is 1. The van der Waals surface area contributed by atoms with Crippen molar-refractivity contribution in [2.45, 2.75) is 25.4 Å². The van der Waals surface area contributed by atoms with E-state index in [1.54, 1.807) is 24.3 Å². The number of carbonyl (C=O) groups is 1. The van der Waals surface area contributed by atoms with E-state index < -0.39 is 25.6 Å². The Kier molecular flexibility index (Phi) is 5.96. The van der Waals surface area contributed by atoms with E-state index in [0.29, 0.717) is 19.3 Å². The zero-order chi connectivity index (χ0) is 17.7. The van der Waals surface area contributed by atoms with E-state index in [-0.39, 0.29) is 11.4 Å². The highest BCUT2D eigenvalue weighted by Gasteiger charge is 2.32. The highest BCUT2D eigenvalue weighted by atomic mass is 31.2. The van der Waals surface area contributed by atoms with Gasteiger partial charge in [-0.25, -0.2) is 4.57 Å². The third-order valence-electron chi connectivity index (χ3n) is 3.74. The number of hydrogen-bond donors (Lipinski definition) is 5. The first-order chi connectivity index (χ1) is 11.3. The maximum Gasteiger partial charge on any atom is 0.427 e. The quantitative estimate of drug-likeness (QED) is 0.469. The number of phenolic OH excluding ortho intramolecular Hbond substituents is 1.